The third-order valence-corrected chi connectivity index (χ3v) is 9.03. The smallest absolute Gasteiger partial charge is 0.330 e. The molecule has 22 heavy (non-hydrogen) atoms. The number of rotatable bonds is 14. The van der Waals surface area contributed by atoms with Gasteiger partial charge in [-0.05, 0) is 47.1 Å². The first kappa shape index (κ1) is 22.3. The van der Waals surface area contributed by atoms with Gasteiger partial charge < -0.3 is 23.8 Å². The highest BCUT2D eigenvalue weighted by Gasteiger charge is 2.50. The van der Waals surface area contributed by atoms with Crippen molar-refractivity contribution in [1.82, 2.24) is 0 Å². The summed E-state index contributed by atoms with van der Waals surface area (Å²) in [6.45, 7) is 8.17. The molecule has 0 aliphatic heterocycles. The lowest BCUT2D eigenvalue weighted by Crippen LogP contribution is -2.18. The van der Waals surface area contributed by atoms with Crippen molar-refractivity contribution in [1.29, 1.82) is 0 Å². The Kier molecular flexibility index (Phi) is 11.9. The summed E-state index contributed by atoms with van der Waals surface area (Å²) >= 11 is 0. The second kappa shape index (κ2) is 11.7. The fraction of sp³-hybridized carbons (Fsp3) is 1.00. The Labute approximate surface area is 134 Å². The molecule has 0 bridgehead atoms. The Hall–Kier alpha value is 0.260. The molecule has 0 aromatic heterocycles. The Morgan fingerprint density at radius 2 is 1.14 bits per heavy atom. The van der Waals surface area contributed by atoms with Crippen LogP contribution in [0.2, 0.25) is 0 Å². The number of nitrogens with two attached hydrogens (primary N) is 1. The summed E-state index contributed by atoms with van der Waals surface area (Å²) in [5.74, 6) is 0. The van der Waals surface area contributed by atoms with Gasteiger partial charge in [0.25, 0.3) is 0 Å². The van der Waals surface area contributed by atoms with Crippen LogP contribution in [0.4, 0.5) is 0 Å². The molecule has 0 aromatic carbocycles. The van der Waals surface area contributed by atoms with Gasteiger partial charge in [-0.25, -0.2) is 0 Å². The average Bonchev–Trinajstić information content (AvgIpc) is 2.44. The van der Waals surface area contributed by atoms with Crippen molar-refractivity contribution in [2.45, 2.75) is 52.4 Å². The molecule has 0 saturated heterocycles. The maximum atomic E-state index is 13.1. The maximum Gasteiger partial charge on any atom is 0.345 e. The number of hydrogen-bond donors (Lipinski definition) is 1. The van der Waals surface area contributed by atoms with Crippen molar-refractivity contribution in [3.8, 4) is 0 Å². The highest BCUT2D eigenvalue weighted by atomic mass is 31.2. The molecule has 0 unspecified atom stereocenters. The Morgan fingerprint density at radius 3 is 1.41 bits per heavy atom. The normalized spacial score (nSPS) is 13.0. The molecule has 0 aliphatic rings. The standard InChI is InChI=1S/C13H31NO6P2/c1-5-17-21(15,18-6-2)13(11-9-10-12-14)22(16,19-7-3)20-8-4/h13H,5-12,14H2,1-4H3. The van der Waals surface area contributed by atoms with Gasteiger partial charge in [-0.1, -0.05) is 6.42 Å². The fourth-order valence-electron chi connectivity index (χ4n) is 2.10. The third kappa shape index (κ3) is 6.79. The van der Waals surface area contributed by atoms with Gasteiger partial charge in [0.15, 0.2) is 5.40 Å². The van der Waals surface area contributed by atoms with Crippen LogP contribution in [-0.2, 0) is 27.2 Å². The van der Waals surface area contributed by atoms with Crippen molar-refractivity contribution >= 4 is 15.2 Å². The molecular formula is C13H31NO6P2. The van der Waals surface area contributed by atoms with Crippen LogP contribution in [0.25, 0.3) is 0 Å². The van der Waals surface area contributed by atoms with Crippen LogP contribution in [0, 0.1) is 0 Å². The predicted molar refractivity (Wildman–Crippen MR) is 88.4 cm³/mol. The molecule has 2 N–H and O–H groups in total. The van der Waals surface area contributed by atoms with Gasteiger partial charge in [0.05, 0.1) is 26.4 Å². The lowest BCUT2D eigenvalue weighted by Gasteiger charge is -2.31. The minimum absolute atomic E-state index is 0.197. The van der Waals surface area contributed by atoms with E-state index in [1.54, 1.807) is 27.7 Å². The van der Waals surface area contributed by atoms with Gasteiger partial charge in [0.1, 0.15) is 0 Å². The molecule has 0 spiro atoms. The Morgan fingerprint density at radius 1 is 0.773 bits per heavy atom. The van der Waals surface area contributed by atoms with Crippen molar-refractivity contribution in [2.24, 2.45) is 5.73 Å². The molecule has 9 heteroatoms. The van der Waals surface area contributed by atoms with E-state index < -0.39 is 20.6 Å². The molecule has 0 atom stereocenters. The largest absolute Gasteiger partial charge is 0.345 e. The van der Waals surface area contributed by atoms with Gasteiger partial charge in [-0.2, -0.15) is 0 Å². The van der Waals surface area contributed by atoms with Gasteiger partial charge in [0.2, 0.25) is 0 Å². The lowest BCUT2D eigenvalue weighted by molar-refractivity contribution is 0.193. The summed E-state index contributed by atoms with van der Waals surface area (Å²) in [6, 6.07) is 0. The van der Waals surface area contributed by atoms with Crippen LogP contribution in [0.3, 0.4) is 0 Å². The van der Waals surface area contributed by atoms with E-state index in [-0.39, 0.29) is 26.4 Å². The maximum absolute atomic E-state index is 13.1. The van der Waals surface area contributed by atoms with Gasteiger partial charge in [0, 0.05) is 0 Å². The predicted octanol–water partition coefficient (Wildman–Crippen LogP) is 3.97. The van der Waals surface area contributed by atoms with E-state index in [0.717, 1.165) is 6.42 Å². The zero-order valence-electron chi connectivity index (χ0n) is 14.2. The second-order valence-electron chi connectivity index (χ2n) is 4.52. The van der Waals surface area contributed by atoms with E-state index in [9.17, 15) is 9.13 Å². The first-order valence-electron chi connectivity index (χ1n) is 7.91. The summed E-state index contributed by atoms with van der Waals surface area (Å²) in [5, 5.41) is -0.925. The summed E-state index contributed by atoms with van der Waals surface area (Å²) in [7, 11) is -7.21. The van der Waals surface area contributed by atoms with Crippen LogP contribution in [0.5, 0.6) is 0 Å². The topological polar surface area (TPSA) is 97.1 Å². The molecule has 0 rings (SSSR count). The van der Waals surface area contributed by atoms with Crippen LogP contribution in [-0.4, -0.2) is 38.4 Å². The molecule has 134 valence electrons. The highest BCUT2D eigenvalue weighted by molar-refractivity contribution is 7.72. The van der Waals surface area contributed by atoms with E-state index in [0.29, 0.717) is 19.4 Å². The van der Waals surface area contributed by atoms with Crippen molar-refractivity contribution in [3.05, 3.63) is 0 Å². The molecule has 7 nitrogen and oxygen atoms in total. The van der Waals surface area contributed by atoms with Gasteiger partial charge in [-0.15, -0.1) is 0 Å². The zero-order chi connectivity index (χ0) is 17.1. The molecule has 0 aliphatic carbocycles. The van der Waals surface area contributed by atoms with Crippen molar-refractivity contribution in [2.75, 3.05) is 33.0 Å². The quantitative estimate of drug-likeness (QED) is 0.370. The van der Waals surface area contributed by atoms with Gasteiger partial charge >= 0.3 is 15.2 Å². The summed E-state index contributed by atoms with van der Waals surface area (Å²) < 4.78 is 47.7. The first-order chi connectivity index (χ1) is 10.4. The average molecular weight is 359 g/mol. The Balaban J connectivity index is 5.54. The highest BCUT2D eigenvalue weighted by Crippen LogP contribution is 2.71. The lowest BCUT2D eigenvalue weighted by atomic mass is 10.2. The first-order valence-corrected chi connectivity index (χ1v) is 11.1. The molecule has 0 heterocycles. The van der Waals surface area contributed by atoms with E-state index in [1.807, 2.05) is 0 Å². The summed E-state index contributed by atoms with van der Waals surface area (Å²) in [5.41, 5.74) is 5.50. The molecule has 0 fully saturated rings. The molecular weight excluding hydrogens is 328 g/mol. The molecule has 0 saturated carbocycles. The van der Waals surface area contributed by atoms with E-state index in [1.165, 1.54) is 0 Å². The van der Waals surface area contributed by atoms with Crippen molar-refractivity contribution < 1.29 is 27.2 Å². The van der Waals surface area contributed by atoms with E-state index in [4.69, 9.17) is 23.8 Å². The SMILES string of the molecule is CCOP(=O)(OCC)C(CCCCN)P(=O)(OCC)OCC. The van der Waals surface area contributed by atoms with Crippen LogP contribution >= 0.6 is 15.2 Å². The third-order valence-electron chi connectivity index (χ3n) is 2.88. The van der Waals surface area contributed by atoms with Crippen LogP contribution in [0.15, 0.2) is 0 Å². The second-order valence-corrected chi connectivity index (χ2v) is 9.36. The van der Waals surface area contributed by atoms with Crippen LogP contribution in [0.1, 0.15) is 47.0 Å². The fourth-order valence-corrected chi connectivity index (χ4v) is 7.56. The molecule has 0 amide bonds. The molecule has 0 aromatic rings. The Bertz CT molecular complexity index is 330. The number of unbranched alkanes of at least 4 members (excludes halogenated alkanes) is 1. The van der Waals surface area contributed by atoms with E-state index in [2.05, 4.69) is 0 Å². The number of hydrogen-bond acceptors (Lipinski definition) is 7. The van der Waals surface area contributed by atoms with Crippen molar-refractivity contribution in [3.63, 3.8) is 0 Å². The zero-order valence-corrected chi connectivity index (χ0v) is 15.9. The molecule has 0 radical (unpaired) electrons. The van der Waals surface area contributed by atoms with Gasteiger partial charge in [-0.3, -0.25) is 9.13 Å². The van der Waals surface area contributed by atoms with E-state index >= 15 is 0 Å². The van der Waals surface area contributed by atoms with Crippen LogP contribution < -0.4 is 5.73 Å². The summed E-state index contributed by atoms with van der Waals surface area (Å²) in [6.07, 6.45) is 1.73. The summed E-state index contributed by atoms with van der Waals surface area (Å²) in [4.78, 5) is 0. The minimum atomic E-state index is -3.60. The minimum Gasteiger partial charge on any atom is -0.330 e. The monoisotopic (exact) mass is 359 g/mol.